The number of alkyl halides is 3. The Morgan fingerprint density at radius 3 is 2.43 bits per heavy atom. The maximum Gasteiger partial charge on any atom is 0.419 e. The van der Waals surface area contributed by atoms with Gasteiger partial charge >= 0.3 is 6.18 Å². The fourth-order valence-electron chi connectivity index (χ4n) is 5.30. The lowest BCUT2D eigenvalue weighted by atomic mass is 9.95. The normalized spacial score (nSPS) is 17.1. The number of carbonyl (C=O) groups excluding carboxylic acids is 1. The van der Waals surface area contributed by atoms with Crippen LogP contribution in [0.2, 0.25) is 0 Å². The zero-order valence-electron chi connectivity index (χ0n) is 24.5. The number of hydrogen-bond acceptors (Lipinski definition) is 9. The number of benzene rings is 1. The molecule has 2 aliphatic rings. The largest absolute Gasteiger partial charge is 0.499 e. The van der Waals surface area contributed by atoms with E-state index in [1.165, 1.54) is 17.0 Å². The molecule has 0 spiro atoms. The second kappa shape index (κ2) is 13.3. The number of halogens is 3. The van der Waals surface area contributed by atoms with E-state index in [2.05, 4.69) is 26.9 Å². The molecule has 11 nitrogen and oxygen atoms in total. The lowest BCUT2D eigenvalue weighted by Crippen LogP contribution is -2.48. The van der Waals surface area contributed by atoms with Gasteiger partial charge in [0, 0.05) is 56.8 Å². The molecule has 1 unspecified atom stereocenters. The second-order valence-electron chi connectivity index (χ2n) is 10.8. The molecular weight excluding hydrogens is 579 g/mol. The van der Waals surface area contributed by atoms with Crippen LogP contribution in [0.5, 0.6) is 5.75 Å². The van der Waals surface area contributed by atoms with E-state index >= 15 is 0 Å². The molecule has 0 aliphatic carbocycles. The summed E-state index contributed by atoms with van der Waals surface area (Å²) in [7, 11) is 1.61. The van der Waals surface area contributed by atoms with Gasteiger partial charge in [-0.2, -0.15) is 18.3 Å². The highest BCUT2D eigenvalue weighted by Gasteiger charge is 2.32. The van der Waals surface area contributed by atoms with Crippen LogP contribution >= 0.6 is 0 Å². The van der Waals surface area contributed by atoms with Gasteiger partial charge in [0.25, 0.3) is 5.56 Å². The molecule has 1 aromatic carbocycles. The average Bonchev–Trinajstić information content (AvgIpc) is 3.02. The van der Waals surface area contributed by atoms with Gasteiger partial charge in [-0.05, 0) is 30.0 Å². The summed E-state index contributed by atoms with van der Waals surface area (Å²) in [5.74, 6) is 0.995. The van der Waals surface area contributed by atoms with Crippen LogP contribution in [0.1, 0.15) is 23.6 Å². The number of hydrogen-bond donors (Lipinski definition) is 0. The molecule has 0 saturated carbocycles. The Morgan fingerprint density at radius 1 is 1.07 bits per heavy atom. The Morgan fingerprint density at radius 2 is 1.77 bits per heavy atom. The van der Waals surface area contributed by atoms with Gasteiger partial charge in [-0.25, -0.2) is 14.6 Å². The van der Waals surface area contributed by atoms with E-state index in [0.29, 0.717) is 52.3 Å². The summed E-state index contributed by atoms with van der Waals surface area (Å²) in [6.07, 6.45) is 2.17. The molecule has 1 saturated heterocycles. The lowest BCUT2D eigenvalue weighted by Gasteiger charge is -2.34. The van der Waals surface area contributed by atoms with Crippen molar-refractivity contribution in [1.82, 2.24) is 24.6 Å². The molecule has 4 heterocycles. The van der Waals surface area contributed by atoms with Crippen LogP contribution in [0, 0.1) is 5.92 Å². The monoisotopic (exact) mass is 613 g/mol. The Hall–Kier alpha value is -4.62. The van der Waals surface area contributed by atoms with E-state index in [1.54, 1.807) is 23.1 Å². The van der Waals surface area contributed by atoms with Gasteiger partial charge in [-0.3, -0.25) is 9.59 Å². The molecule has 234 valence electrons. The standard InChI is InChI=1S/C30H34F3N7O4/c1-21-15-25-26(18-36-40(28(25)42)20-22-3-5-24(43-2)6-4-22)39(19-21)12-14-44-13-7-27(41)37-8-10-38(11-9-37)29-34-16-23(17-35-29)30(31,32)33/h3-7,13,16-18,21H,8-12,14-15,19-20H2,1-2H3. The number of amides is 1. The first-order valence-corrected chi connectivity index (χ1v) is 14.3. The average molecular weight is 614 g/mol. The van der Waals surface area contributed by atoms with Gasteiger partial charge < -0.3 is 24.2 Å². The Kier molecular flexibility index (Phi) is 9.35. The van der Waals surface area contributed by atoms with E-state index in [0.717, 1.165) is 41.5 Å². The van der Waals surface area contributed by atoms with Crippen LogP contribution in [0.4, 0.5) is 24.8 Å². The third-order valence-electron chi connectivity index (χ3n) is 7.66. The molecule has 2 aliphatic heterocycles. The van der Waals surface area contributed by atoms with Crippen LogP contribution < -0.4 is 20.1 Å². The van der Waals surface area contributed by atoms with Gasteiger partial charge in [0.2, 0.25) is 11.9 Å². The highest BCUT2D eigenvalue weighted by molar-refractivity contribution is 5.87. The smallest absolute Gasteiger partial charge is 0.419 e. The molecule has 44 heavy (non-hydrogen) atoms. The minimum absolute atomic E-state index is 0.105. The van der Waals surface area contributed by atoms with Crippen molar-refractivity contribution in [3.8, 4) is 5.75 Å². The summed E-state index contributed by atoms with van der Waals surface area (Å²) >= 11 is 0. The highest BCUT2D eigenvalue weighted by Crippen LogP contribution is 2.29. The molecule has 0 N–H and O–H groups in total. The number of anilines is 2. The molecule has 0 radical (unpaired) electrons. The van der Waals surface area contributed by atoms with Crippen LogP contribution in [0.25, 0.3) is 0 Å². The number of aromatic nitrogens is 4. The molecule has 5 rings (SSSR count). The quantitative estimate of drug-likeness (QED) is 0.205. The van der Waals surface area contributed by atoms with E-state index in [-0.39, 0.29) is 23.3 Å². The van der Waals surface area contributed by atoms with Crippen molar-refractivity contribution in [3.05, 3.63) is 82.2 Å². The van der Waals surface area contributed by atoms with Crippen molar-refractivity contribution in [2.45, 2.75) is 26.1 Å². The zero-order chi connectivity index (χ0) is 31.3. The van der Waals surface area contributed by atoms with E-state index in [9.17, 15) is 22.8 Å². The van der Waals surface area contributed by atoms with Crippen molar-refractivity contribution in [3.63, 3.8) is 0 Å². The lowest BCUT2D eigenvalue weighted by molar-refractivity contribution is -0.138. The summed E-state index contributed by atoms with van der Waals surface area (Å²) in [5.41, 5.74) is 1.48. The molecular formula is C30H34F3N7O4. The van der Waals surface area contributed by atoms with E-state index in [4.69, 9.17) is 9.47 Å². The van der Waals surface area contributed by atoms with Crippen molar-refractivity contribution in [2.75, 3.05) is 62.8 Å². The van der Waals surface area contributed by atoms with Gasteiger partial charge in [-0.1, -0.05) is 19.1 Å². The third-order valence-corrected chi connectivity index (χ3v) is 7.66. The topological polar surface area (TPSA) is 106 Å². The van der Waals surface area contributed by atoms with E-state index in [1.807, 2.05) is 24.3 Å². The van der Waals surface area contributed by atoms with Crippen LogP contribution in [0.3, 0.4) is 0 Å². The summed E-state index contributed by atoms with van der Waals surface area (Å²) in [6.45, 7) is 5.60. The Balaban J connectivity index is 1.10. The maximum atomic E-state index is 13.3. The number of carbonyl (C=O) groups is 1. The van der Waals surface area contributed by atoms with Crippen molar-refractivity contribution in [1.29, 1.82) is 0 Å². The first-order valence-electron chi connectivity index (χ1n) is 14.3. The van der Waals surface area contributed by atoms with Gasteiger partial charge in [0.05, 0.1) is 43.9 Å². The van der Waals surface area contributed by atoms with Gasteiger partial charge in [0.1, 0.15) is 12.4 Å². The fourth-order valence-corrected chi connectivity index (χ4v) is 5.30. The molecule has 1 atom stereocenters. The van der Waals surface area contributed by atoms with Crippen molar-refractivity contribution < 1.29 is 27.4 Å². The van der Waals surface area contributed by atoms with Crippen molar-refractivity contribution in [2.24, 2.45) is 5.92 Å². The molecule has 2 aromatic heterocycles. The number of nitrogens with zero attached hydrogens (tertiary/aromatic N) is 7. The van der Waals surface area contributed by atoms with Crippen LogP contribution in [-0.4, -0.2) is 83.5 Å². The highest BCUT2D eigenvalue weighted by atomic mass is 19.4. The molecule has 0 bridgehead atoms. The zero-order valence-corrected chi connectivity index (χ0v) is 24.5. The molecule has 14 heteroatoms. The number of ether oxygens (including phenoxy) is 2. The summed E-state index contributed by atoms with van der Waals surface area (Å²) < 4.78 is 50.6. The fraction of sp³-hybridized carbons (Fsp3) is 0.433. The molecule has 3 aromatic rings. The summed E-state index contributed by atoms with van der Waals surface area (Å²) in [5, 5.41) is 4.43. The predicted molar refractivity (Wildman–Crippen MR) is 157 cm³/mol. The minimum Gasteiger partial charge on any atom is -0.499 e. The van der Waals surface area contributed by atoms with Gasteiger partial charge in [-0.15, -0.1) is 0 Å². The minimum atomic E-state index is -4.49. The summed E-state index contributed by atoms with van der Waals surface area (Å²) in [6, 6.07) is 7.53. The van der Waals surface area contributed by atoms with E-state index < -0.39 is 11.7 Å². The maximum absolute atomic E-state index is 13.3. The number of piperazine rings is 1. The first kappa shape index (κ1) is 30.8. The van der Waals surface area contributed by atoms with Crippen molar-refractivity contribution >= 4 is 17.5 Å². The predicted octanol–water partition coefficient (Wildman–Crippen LogP) is 2.99. The number of fused-ring (bicyclic) bond motifs is 1. The van der Waals surface area contributed by atoms with Gasteiger partial charge in [0.15, 0.2) is 0 Å². The molecule has 1 amide bonds. The Bertz CT molecular complexity index is 1520. The number of methoxy groups -OCH3 is 1. The first-order chi connectivity index (χ1) is 21.1. The third kappa shape index (κ3) is 7.29. The second-order valence-corrected chi connectivity index (χ2v) is 10.8. The van der Waals surface area contributed by atoms with Crippen LogP contribution in [0.15, 0.2) is 60.0 Å². The number of rotatable bonds is 9. The molecule has 1 fully saturated rings. The SMILES string of the molecule is COc1ccc(Cn2ncc3c(c2=O)CC(C)CN3CCOC=CC(=O)N2CCN(c3ncc(C(F)(F)F)cn3)CC2)cc1. The Labute approximate surface area is 252 Å². The van der Waals surface area contributed by atoms with Crippen LogP contribution in [-0.2, 0) is 28.7 Å². The summed E-state index contributed by atoms with van der Waals surface area (Å²) in [4.78, 5) is 39.0.